The third-order valence-electron chi connectivity index (χ3n) is 4.46. The number of nitrogens with one attached hydrogen (secondary N) is 1. The molecule has 0 spiro atoms. The molecule has 1 aliphatic heterocycles. The minimum atomic E-state index is -1.10. The Morgan fingerprint density at radius 2 is 1.95 bits per heavy atom. The molecule has 2 rings (SSSR count). The van der Waals surface area contributed by atoms with Gasteiger partial charge >= 0.3 is 5.97 Å². The third kappa shape index (κ3) is 2.39. The maximum Gasteiger partial charge on any atom is 0.336 e. The second-order valence-corrected chi connectivity index (χ2v) is 6.46. The number of hydrogen-bond acceptors (Lipinski definition) is 3. The van der Waals surface area contributed by atoms with Crippen molar-refractivity contribution in [1.82, 2.24) is 5.32 Å². The van der Waals surface area contributed by atoms with Crippen LogP contribution in [0.5, 0.6) is 0 Å². The van der Waals surface area contributed by atoms with Crippen LogP contribution in [0.15, 0.2) is 11.1 Å². The zero-order chi connectivity index (χ0) is 16.8. The summed E-state index contributed by atoms with van der Waals surface area (Å²) < 4.78 is 0. The lowest BCUT2D eigenvalue weighted by Crippen LogP contribution is -2.41. The van der Waals surface area contributed by atoms with Crippen LogP contribution in [0.3, 0.4) is 0 Å². The van der Waals surface area contributed by atoms with E-state index >= 15 is 0 Å². The number of hydrogen-bond donors (Lipinski definition) is 2. The van der Waals surface area contributed by atoms with Crippen LogP contribution < -0.4 is 5.32 Å². The molecule has 22 heavy (non-hydrogen) atoms. The number of carbonyl (C=O) groups is 2. The summed E-state index contributed by atoms with van der Waals surface area (Å²) in [5.41, 5.74) is 1.05. The number of carboxylic acid groups (broad SMARTS) is 1. The molecule has 1 amide bonds. The second-order valence-electron chi connectivity index (χ2n) is 6.05. The Hall–Kier alpha value is -1.88. The highest BCUT2D eigenvalue weighted by atomic mass is 35.5. The highest BCUT2D eigenvalue weighted by Gasteiger charge is 2.43. The second kappa shape index (κ2) is 5.39. The van der Waals surface area contributed by atoms with E-state index in [0.29, 0.717) is 22.0 Å². The molecule has 118 valence electrons. The maximum absolute atomic E-state index is 12.3. The predicted octanol–water partition coefficient (Wildman–Crippen LogP) is 2.95. The largest absolute Gasteiger partial charge is 0.478 e. The molecule has 1 heterocycles. The lowest BCUT2D eigenvalue weighted by atomic mass is 9.89. The molecule has 1 aliphatic rings. The van der Waals surface area contributed by atoms with Gasteiger partial charge in [0.2, 0.25) is 0 Å². The van der Waals surface area contributed by atoms with Gasteiger partial charge in [0.1, 0.15) is 11.4 Å². The van der Waals surface area contributed by atoms with E-state index in [9.17, 15) is 14.7 Å². The molecule has 0 aliphatic carbocycles. The lowest BCUT2D eigenvalue weighted by molar-refractivity contribution is -0.124. The molecule has 0 fully saturated rings. The fraction of sp³-hybridized carbons (Fsp3) is 0.438. The summed E-state index contributed by atoms with van der Waals surface area (Å²) in [6.07, 6.45) is 0. The van der Waals surface area contributed by atoms with Gasteiger partial charge in [0, 0.05) is 10.6 Å². The van der Waals surface area contributed by atoms with Gasteiger partial charge in [-0.25, -0.2) is 4.79 Å². The number of benzene rings is 1. The first-order valence-corrected chi connectivity index (χ1v) is 7.42. The van der Waals surface area contributed by atoms with Crippen molar-refractivity contribution in [3.63, 3.8) is 0 Å². The molecule has 1 unspecified atom stereocenters. The Morgan fingerprint density at radius 3 is 2.41 bits per heavy atom. The number of aliphatic imine (C=N–C) groups is 1. The van der Waals surface area contributed by atoms with Crippen molar-refractivity contribution >= 4 is 29.3 Å². The van der Waals surface area contributed by atoms with Crippen molar-refractivity contribution in [1.29, 1.82) is 0 Å². The molecule has 1 aromatic carbocycles. The van der Waals surface area contributed by atoms with Gasteiger partial charge in [-0.3, -0.25) is 9.79 Å². The van der Waals surface area contributed by atoms with E-state index in [1.54, 1.807) is 13.8 Å². The van der Waals surface area contributed by atoms with Gasteiger partial charge in [-0.2, -0.15) is 0 Å². The smallest absolute Gasteiger partial charge is 0.336 e. The van der Waals surface area contributed by atoms with Crippen LogP contribution in [0.25, 0.3) is 0 Å². The Morgan fingerprint density at radius 1 is 1.36 bits per heavy atom. The van der Waals surface area contributed by atoms with Crippen molar-refractivity contribution in [2.45, 2.75) is 40.2 Å². The van der Waals surface area contributed by atoms with Gasteiger partial charge in [0.05, 0.1) is 5.56 Å². The van der Waals surface area contributed by atoms with Gasteiger partial charge in [-0.05, 0) is 43.9 Å². The molecule has 0 radical (unpaired) electrons. The molecular weight excluding hydrogens is 304 g/mol. The van der Waals surface area contributed by atoms with Gasteiger partial charge in [0.15, 0.2) is 0 Å². The molecule has 0 saturated carbocycles. The molecule has 0 aromatic heterocycles. The SMILES string of the molecule is Cc1c(Cl)cc(C(=O)O)c(C2=NC(C)(C(C)C)C(=O)N2)c1C. The summed E-state index contributed by atoms with van der Waals surface area (Å²) in [4.78, 5) is 28.3. The number of amides is 1. The molecule has 2 N–H and O–H groups in total. The number of nitrogens with zero attached hydrogens (tertiary/aromatic N) is 1. The fourth-order valence-corrected chi connectivity index (χ4v) is 2.66. The zero-order valence-corrected chi connectivity index (χ0v) is 14.0. The van der Waals surface area contributed by atoms with Crippen LogP contribution in [0.2, 0.25) is 5.02 Å². The third-order valence-corrected chi connectivity index (χ3v) is 4.86. The van der Waals surface area contributed by atoms with Crippen LogP contribution in [0, 0.1) is 19.8 Å². The number of amidine groups is 1. The molecule has 5 nitrogen and oxygen atoms in total. The zero-order valence-electron chi connectivity index (χ0n) is 13.2. The Bertz CT molecular complexity index is 710. The van der Waals surface area contributed by atoms with E-state index in [2.05, 4.69) is 10.3 Å². The maximum atomic E-state index is 12.3. The highest BCUT2D eigenvalue weighted by Crippen LogP contribution is 2.31. The van der Waals surface area contributed by atoms with Crippen LogP contribution >= 0.6 is 11.6 Å². The van der Waals surface area contributed by atoms with Gasteiger partial charge in [-0.15, -0.1) is 0 Å². The Balaban J connectivity index is 2.71. The summed E-state index contributed by atoms with van der Waals surface area (Å²) in [5, 5.41) is 12.6. The number of carbonyl (C=O) groups excluding carboxylic acids is 1. The number of rotatable bonds is 3. The average Bonchev–Trinajstić information content (AvgIpc) is 2.72. The van der Waals surface area contributed by atoms with E-state index in [1.807, 2.05) is 20.8 Å². The quantitative estimate of drug-likeness (QED) is 0.898. The van der Waals surface area contributed by atoms with Gasteiger partial charge in [0.25, 0.3) is 5.91 Å². The summed E-state index contributed by atoms with van der Waals surface area (Å²) in [6, 6.07) is 1.40. The first-order valence-electron chi connectivity index (χ1n) is 7.04. The van der Waals surface area contributed by atoms with Crippen LogP contribution in [0.1, 0.15) is 47.8 Å². The molecule has 1 aromatic rings. The minimum Gasteiger partial charge on any atom is -0.478 e. The number of halogens is 1. The van der Waals surface area contributed by atoms with Gasteiger partial charge < -0.3 is 10.4 Å². The predicted molar refractivity (Wildman–Crippen MR) is 85.8 cm³/mol. The van der Waals surface area contributed by atoms with Crippen LogP contribution in [-0.2, 0) is 4.79 Å². The molecular formula is C16H19ClN2O3. The number of carboxylic acids is 1. The van der Waals surface area contributed by atoms with Crippen LogP contribution in [-0.4, -0.2) is 28.4 Å². The first kappa shape index (κ1) is 16.5. The Labute approximate surface area is 134 Å². The van der Waals surface area contributed by atoms with Crippen molar-refractivity contribution in [3.05, 3.63) is 33.3 Å². The standard InChI is InChI=1S/C16H19ClN2O3/c1-7(2)16(5)15(22)18-13(19-16)12-9(4)8(3)11(17)6-10(12)14(20)21/h6-7H,1-5H3,(H,20,21)(H,18,19,22). The van der Waals surface area contributed by atoms with Crippen molar-refractivity contribution < 1.29 is 14.7 Å². The van der Waals surface area contributed by atoms with E-state index < -0.39 is 11.5 Å². The van der Waals surface area contributed by atoms with E-state index in [-0.39, 0.29) is 17.4 Å². The molecule has 0 bridgehead atoms. The van der Waals surface area contributed by atoms with E-state index in [1.165, 1.54) is 6.07 Å². The van der Waals surface area contributed by atoms with Crippen molar-refractivity contribution in [2.75, 3.05) is 0 Å². The summed E-state index contributed by atoms with van der Waals surface area (Å²) in [6.45, 7) is 9.15. The van der Waals surface area contributed by atoms with Crippen molar-refractivity contribution in [3.8, 4) is 0 Å². The number of aromatic carboxylic acids is 1. The minimum absolute atomic E-state index is 0.00742. The average molecular weight is 323 g/mol. The fourth-order valence-electron chi connectivity index (χ4n) is 2.40. The normalized spacial score (nSPS) is 21.0. The first-order chi connectivity index (χ1) is 10.1. The Kier molecular flexibility index (Phi) is 4.04. The summed E-state index contributed by atoms with van der Waals surface area (Å²) in [7, 11) is 0. The lowest BCUT2D eigenvalue weighted by Gasteiger charge is -2.21. The molecule has 6 heteroatoms. The summed E-state index contributed by atoms with van der Waals surface area (Å²) in [5.74, 6) is -1.03. The van der Waals surface area contributed by atoms with Gasteiger partial charge in [-0.1, -0.05) is 25.4 Å². The van der Waals surface area contributed by atoms with Crippen LogP contribution in [0.4, 0.5) is 0 Å². The molecule has 1 atom stereocenters. The van der Waals surface area contributed by atoms with E-state index in [4.69, 9.17) is 11.6 Å². The van der Waals surface area contributed by atoms with Crippen molar-refractivity contribution in [2.24, 2.45) is 10.9 Å². The molecule has 0 saturated heterocycles. The topological polar surface area (TPSA) is 78.8 Å². The monoisotopic (exact) mass is 322 g/mol. The summed E-state index contributed by atoms with van der Waals surface area (Å²) >= 11 is 6.09. The highest BCUT2D eigenvalue weighted by molar-refractivity contribution is 6.32. The van der Waals surface area contributed by atoms with E-state index in [0.717, 1.165) is 5.56 Å².